The molecule has 0 saturated heterocycles. The molecule has 534 valence electrons. The molecule has 17 nitrogen and oxygen atoms in total. The summed E-state index contributed by atoms with van der Waals surface area (Å²) in [5.74, 6) is -1.47. The van der Waals surface area contributed by atoms with Crippen molar-refractivity contribution < 1.29 is 80.2 Å². The standard InChI is InChI=1S/C71H138O17P2/c1-6-9-12-15-17-19-21-23-25-27-29-31-33-35-37-39-45-50-55-69(74)82-61-67(87-70(75)56-51-46-40-38-36-34-32-30-28-26-24-22-20-18-16-13-10-7-2)63-86-90(79,80)84-59-65(72)58-83-89(77,78)85-62-66(60-81-68(73)54-49-43-14-11-8-3)88-71(76)57-52-47-42-41-44-48-53-64(4)5/h64-67,72H,6-63H2,1-5H3,(H,77,78)(H,79,80)/t65-,66+,67+/m0/s1. The van der Waals surface area contributed by atoms with E-state index in [0.717, 1.165) is 96.3 Å². The molecule has 90 heavy (non-hydrogen) atoms. The van der Waals surface area contributed by atoms with Crippen LogP contribution in [0.4, 0.5) is 0 Å². The number of carbonyl (C=O) groups excluding carboxylic acids is 4. The Morgan fingerprint density at radius 3 is 0.756 bits per heavy atom. The first-order valence-corrected chi connectivity index (χ1v) is 40.1. The van der Waals surface area contributed by atoms with Crippen LogP contribution in [-0.4, -0.2) is 96.7 Å². The maximum atomic E-state index is 13.0. The highest BCUT2D eigenvalue weighted by Gasteiger charge is 2.30. The predicted octanol–water partition coefficient (Wildman–Crippen LogP) is 20.5. The van der Waals surface area contributed by atoms with Crippen molar-refractivity contribution in [2.45, 2.75) is 387 Å². The Labute approximate surface area is 549 Å². The summed E-state index contributed by atoms with van der Waals surface area (Å²) in [4.78, 5) is 72.2. The molecule has 19 heteroatoms. The quantitative estimate of drug-likeness (QED) is 0.0222. The minimum atomic E-state index is -4.95. The minimum absolute atomic E-state index is 0.102. The molecule has 0 spiro atoms. The van der Waals surface area contributed by atoms with E-state index in [1.54, 1.807) is 0 Å². The number of carbonyl (C=O) groups is 4. The maximum Gasteiger partial charge on any atom is 0.472 e. The van der Waals surface area contributed by atoms with Crippen LogP contribution in [-0.2, 0) is 65.4 Å². The average Bonchev–Trinajstić information content (AvgIpc) is 3.67. The van der Waals surface area contributed by atoms with Gasteiger partial charge in [0.1, 0.15) is 19.3 Å². The molecule has 0 heterocycles. The van der Waals surface area contributed by atoms with E-state index in [1.807, 2.05) is 0 Å². The van der Waals surface area contributed by atoms with E-state index in [-0.39, 0.29) is 25.7 Å². The number of phosphoric acid groups is 2. The van der Waals surface area contributed by atoms with Gasteiger partial charge in [0.25, 0.3) is 0 Å². The number of unbranched alkanes of at least 4 members (excludes halogenated alkanes) is 43. The molecule has 0 saturated carbocycles. The third kappa shape index (κ3) is 64.8. The first-order valence-electron chi connectivity index (χ1n) is 37.1. The molecule has 5 atom stereocenters. The second kappa shape index (κ2) is 64.4. The summed E-state index contributed by atoms with van der Waals surface area (Å²) in [5.41, 5.74) is 0. The molecule has 0 aromatic heterocycles. The fourth-order valence-electron chi connectivity index (χ4n) is 10.8. The van der Waals surface area contributed by atoms with Crippen molar-refractivity contribution >= 4 is 39.5 Å². The highest BCUT2D eigenvalue weighted by Crippen LogP contribution is 2.45. The van der Waals surface area contributed by atoms with E-state index in [1.165, 1.54) is 186 Å². The van der Waals surface area contributed by atoms with Crippen LogP contribution in [0.25, 0.3) is 0 Å². The van der Waals surface area contributed by atoms with Crippen LogP contribution in [0.5, 0.6) is 0 Å². The van der Waals surface area contributed by atoms with Crippen LogP contribution < -0.4 is 0 Å². The lowest BCUT2D eigenvalue weighted by Gasteiger charge is -2.21. The topological polar surface area (TPSA) is 237 Å². The molecule has 0 aliphatic carbocycles. The monoisotopic (exact) mass is 1320 g/mol. The summed E-state index contributed by atoms with van der Waals surface area (Å²) in [6.45, 7) is 7.07. The number of aliphatic hydroxyl groups excluding tert-OH is 1. The zero-order chi connectivity index (χ0) is 66.3. The number of rotatable bonds is 71. The van der Waals surface area contributed by atoms with Gasteiger partial charge < -0.3 is 33.8 Å². The number of hydrogen-bond donors (Lipinski definition) is 3. The number of phosphoric ester groups is 2. The lowest BCUT2D eigenvalue weighted by Crippen LogP contribution is -2.30. The molecule has 0 amide bonds. The first kappa shape index (κ1) is 88.1. The fourth-order valence-corrected chi connectivity index (χ4v) is 12.4. The summed E-state index contributed by atoms with van der Waals surface area (Å²) in [6.07, 6.45) is 52.1. The first-order chi connectivity index (χ1) is 43.5. The van der Waals surface area contributed by atoms with Gasteiger partial charge in [0, 0.05) is 25.7 Å². The van der Waals surface area contributed by atoms with Crippen LogP contribution in [0.1, 0.15) is 369 Å². The third-order valence-corrected chi connectivity index (χ3v) is 18.4. The lowest BCUT2D eigenvalue weighted by molar-refractivity contribution is -0.161. The van der Waals surface area contributed by atoms with Crippen LogP contribution in [0, 0.1) is 5.92 Å². The largest absolute Gasteiger partial charge is 0.472 e. The Balaban J connectivity index is 5.12. The molecular formula is C71H138O17P2. The number of esters is 4. The molecule has 0 radical (unpaired) electrons. The molecule has 0 aliphatic rings. The van der Waals surface area contributed by atoms with Crippen molar-refractivity contribution in [3.63, 3.8) is 0 Å². The highest BCUT2D eigenvalue weighted by molar-refractivity contribution is 7.47. The number of hydrogen-bond acceptors (Lipinski definition) is 15. The van der Waals surface area contributed by atoms with Gasteiger partial charge in [0.15, 0.2) is 12.2 Å². The van der Waals surface area contributed by atoms with Gasteiger partial charge in [-0.25, -0.2) is 9.13 Å². The molecule has 0 bridgehead atoms. The third-order valence-electron chi connectivity index (χ3n) is 16.5. The van der Waals surface area contributed by atoms with Crippen molar-refractivity contribution in [3.05, 3.63) is 0 Å². The van der Waals surface area contributed by atoms with E-state index >= 15 is 0 Å². The van der Waals surface area contributed by atoms with Crippen molar-refractivity contribution in [1.29, 1.82) is 0 Å². The Hall–Kier alpha value is -1.94. The molecule has 0 rings (SSSR count). The van der Waals surface area contributed by atoms with Gasteiger partial charge >= 0.3 is 39.5 Å². The molecular weight excluding hydrogens is 1190 g/mol. The second-order valence-corrected chi connectivity index (χ2v) is 29.0. The van der Waals surface area contributed by atoms with Crippen LogP contribution in [0.3, 0.4) is 0 Å². The zero-order valence-electron chi connectivity index (χ0n) is 58.3. The summed E-state index contributed by atoms with van der Waals surface area (Å²) in [7, 11) is -9.89. The highest BCUT2D eigenvalue weighted by atomic mass is 31.2. The van der Waals surface area contributed by atoms with Crippen LogP contribution >= 0.6 is 15.6 Å². The van der Waals surface area contributed by atoms with Crippen molar-refractivity contribution in [2.24, 2.45) is 5.92 Å². The smallest absolute Gasteiger partial charge is 0.462 e. The van der Waals surface area contributed by atoms with Gasteiger partial charge in [0.05, 0.1) is 26.4 Å². The molecule has 2 unspecified atom stereocenters. The van der Waals surface area contributed by atoms with E-state index in [2.05, 4.69) is 34.6 Å². The maximum absolute atomic E-state index is 13.0. The number of ether oxygens (including phenoxy) is 4. The Bertz CT molecular complexity index is 1740. The predicted molar refractivity (Wildman–Crippen MR) is 363 cm³/mol. The van der Waals surface area contributed by atoms with E-state index < -0.39 is 97.5 Å². The van der Waals surface area contributed by atoms with Gasteiger partial charge in [-0.15, -0.1) is 0 Å². The van der Waals surface area contributed by atoms with Crippen LogP contribution in [0.15, 0.2) is 0 Å². The van der Waals surface area contributed by atoms with Crippen molar-refractivity contribution in [3.8, 4) is 0 Å². The fraction of sp³-hybridized carbons (Fsp3) is 0.944. The summed E-state index contributed by atoms with van der Waals surface area (Å²) in [5, 5.41) is 10.6. The zero-order valence-corrected chi connectivity index (χ0v) is 60.1. The summed E-state index contributed by atoms with van der Waals surface area (Å²) >= 11 is 0. The van der Waals surface area contributed by atoms with Gasteiger partial charge in [-0.05, 0) is 31.6 Å². The average molecular weight is 1330 g/mol. The molecule has 0 aromatic carbocycles. The Morgan fingerprint density at radius 1 is 0.300 bits per heavy atom. The molecule has 3 N–H and O–H groups in total. The summed E-state index contributed by atoms with van der Waals surface area (Å²) in [6, 6.07) is 0. The van der Waals surface area contributed by atoms with Gasteiger partial charge in [-0.2, -0.15) is 0 Å². The van der Waals surface area contributed by atoms with Gasteiger partial charge in [-0.3, -0.25) is 37.3 Å². The SMILES string of the molecule is CCCCCCCCCCCCCCCCCCCCC(=O)OC[C@H](COP(=O)(O)OC[C@@H](O)COP(=O)(O)OC[C@@H](COC(=O)CCCCCCC)OC(=O)CCCCCCCCC(C)C)OC(=O)CCCCCCCCCCCCCCCCCCCC. The lowest BCUT2D eigenvalue weighted by atomic mass is 10.0. The minimum Gasteiger partial charge on any atom is -0.462 e. The van der Waals surface area contributed by atoms with E-state index in [9.17, 15) is 43.2 Å². The Kier molecular flexibility index (Phi) is 63.0. The van der Waals surface area contributed by atoms with Crippen molar-refractivity contribution in [1.82, 2.24) is 0 Å². The Morgan fingerprint density at radius 2 is 0.511 bits per heavy atom. The van der Waals surface area contributed by atoms with Crippen molar-refractivity contribution in [2.75, 3.05) is 39.6 Å². The van der Waals surface area contributed by atoms with E-state index in [4.69, 9.17) is 37.0 Å². The van der Waals surface area contributed by atoms with Gasteiger partial charge in [-0.1, -0.05) is 317 Å². The summed E-state index contributed by atoms with van der Waals surface area (Å²) < 4.78 is 68.0. The second-order valence-electron chi connectivity index (χ2n) is 26.1. The number of aliphatic hydroxyl groups is 1. The molecule has 0 aromatic rings. The van der Waals surface area contributed by atoms with Gasteiger partial charge in [0.2, 0.25) is 0 Å². The molecule has 0 fully saturated rings. The molecule has 0 aliphatic heterocycles. The van der Waals surface area contributed by atoms with E-state index in [0.29, 0.717) is 31.6 Å². The normalized spacial score (nSPS) is 14.1. The van der Waals surface area contributed by atoms with Crippen LogP contribution in [0.2, 0.25) is 0 Å².